The van der Waals surface area contributed by atoms with Gasteiger partial charge in [0.15, 0.2) is 0 Å². The second-order valence-corrected chi connectivity index (χ2v) is 7.81. The van der Waals surface area contributed by atoms with Crippen LogP contribution in [0.5, 0.6) is 5.75 Å². The number of nitrogens with zero attached hydrogens (tertiary/aromatic N) is 2. The lowest BCUT2D eigenvalue weighted by atomic mass is 10.0. The molecule has 0 aliphatic carbocycles. The highest BCUT2D eigenvalue weighted by Gasteiger charge is 2.31. The molecule has 0 bridgehead atoms. The van der Waals surface area contributed by atoms with Crippen LogP contribution in [-0.2, 0) is 4.74 Å². The van der Waals surface area contributed by atoms with Gasteiger partial charge in [0, 0.05) is 37.3 Å². The van der Waals surface area contributed by atoms with E-state index in [4.69, 9.17) is 4.74 Å². The summed E-state index contributed by atoms with van der Waals surface area (Å²) in [5.41, 5.74) is 3.23. The van der Waals surface area contributed by atoms with Gasteiger partial charge in [-0.2, -0.15) is 0 Å². The van der Waals surface area contributed by atoms with Gasteiger partial charge in [0.2, 0.25) is 0 Å². The summed E-state index contributed by atoms with van der Waals surface area (Å²) in [5, 5.41) is 9.55. The summed E-state index contributed by atoms with van der Waals surface area (Å²) in [4.78, 5) is 28.8. The third-order valence-electron chi connectivity index (χ3n) is 5.75. The molecular weight excluding hydrogens is 368 g/mol. The minimum Gasteiger partial charge on any atom is -0.508 e. The molecule has 6 nitrogen and oxygen atoms in total. The molecule has 2 aromatic carbocycles. The number of hydrogen-bond acceptors (Lipinski definition) is 5. The second-order valence-electron chi connectivity index (χ2n) is 7.81. The lowest BCUT2D eigenvalue weighted by Crippen LogP contribution is -2.48. The number of cyclic esters (lactones) is 1. The van der Waals surface area contributed by atoms with Gasteiger partial charge in [-0.15, -0.1) is 0 Å². The molecule has 0 radical (unpaired) electrons. The van der Waals surface area contributed by atoms with Crippen molar-refractivity contribution in [3.63, 3.8) is 0 Å². The Morgan fingerprint density at radius 1 is 1.10 bits per heavy atom. The van der Waals surface area contributed by atoms with Crippen LogP contribution in [0.3, 0.4) is 0 Å². The summed E-state index contributed by atoms with van der Waals surface area (Å²) in [7, 11) is 0. The van der Waals surface area contributed by atoms with E-state index < -0.39 is 0 Å². The first-order valence-corrected chi connectivity index (χ1v) is 10.1. The number of fused-ring (bicyclic) bond motifs is 1. The standard InChI is InChI=1S/C23H26N2O4/c1-16-4-6-17(7-5-16)22(27)25-13-11-24(12-14-25)10-2-3-21-19-9-8-18(26)15-20(19)23(28)29-21/h4-9,15,21,26H,2-3,10-14H2,1H3. The summed E-state index contributed by atoms with van der Waals surface area (Å²) in [6.07, 6.45) is 1.43. The number of phenols is 1. The molecule has 4 rings (SSSR count). The molecule has 2 heterocycles. The number of carbonyl (C=O) groups excluding carboxylic acids is 2. The van der Waals surface area contributed by atoms with Crippen LogP contribution in [0.25, 0.3) is 0 Å². The van der Waals surface area contributed by atoms with Gasteiger partial charge in [0.25, 0.3) is 5.91 Å². The van der Waals surface area contributed by atoms with Crippen molar-refractivity contribution in [3.8, 4) is 5.75 Å². The Kier molecular flexibility index (Phi) is 5.53. The minimum absolute atomic E-state index is 0.0828. The van der Waals surface area contributed by atoms with E-state index in [0.717, 1.165) is 62.3 Å². The molecule has 1 unspecified atom stereocenters. The number of ether oxygens (including phenoxy) is 1. The molecule has 2 aliphatic heterocycles. The van der Waals surface area contributed by atoms with E-state index >= 15 is 0 Å². The predicted molar refractivity (Wildman–Crippen MR) is 109 cm³/mol. The first kappa shape index (κ1) is 19.5. The topological polar surface area (TPSA) is 70.1 Å². The van der Waals surface area contributed by atoms with Gasteiger partial charge in [-0.3, -0.25) is 9.69 Å². The average molecular weight is 394 g/mol. The van der Waals surface area contributed by atoms with Crippen molar-refractivity contribution in [2.75, 3.05) is 32.7 Å². The molecule has 0 aromatic heterocycles. The van der Waals surface area contributed by atoms with Crippen LogP contribution in [0.1, 0.15) is 50.8 Å². The number of phenolic OH excluding ortho intramolecular Hbond substituents is 1. The van der Waals surface area contributed by atoms with Crippen LogP contribution in [-0.4, -0.2) is 59.5 Å². The zero-order chi connectivity index (χ0) is 20.4. The maximum absolute atomic E-state index is 12.6. The van der Waals surface area contributed by atoms with Gasteiger partial charge in [-0.1, -0.05) is 23.8 Å². The van der Waals surface area contributed by atoms with Gasteiger partial charge in [-0.05, 0) is 50.6 Å². The van der Waals surface area contributed by atoms with Crippen molar-refractivity contribution in [3.05, 3.63) is 64.7 Å². The number of benzene rings is 2. The SMILES string of the molecule is Cc1ccc(C(=O)N2CCN(CCCC3OC(=O)c4cc(O)ccc43)CC2)cc1. The van der Waals surface area contributed by atoms with E-state index in [2.05, 4.69) is 4.90 Å². The monoisotopic (exact) mass is 394 g/mol. The first-order chi connectivity index (χ1) is 14.0. The molecular formula is C23H26N2O4. The summed E-state index contributed by atoms with van der Waals surface area (Å²) in [6.45, 7) is 6.09. The van der Waals surface area contributed by atoms with E-state index in [1.807, 2.05) is 36.1 Å². The second kappa shape index (κ2) is 8.25. The fourth-order valence-electron chi connectivity index (χ4n) is 4.03. The van der Waals surface area contributed by atoms with Crippen LogP contribution in [0.15, 0.2) is 42.5 Å². The number of esters is 1. The largest absolute Gasteiger partial charge is 0.508 e. The van der Waals surface area contributed by atoms with E-state index in [9.17, 15) is 14.7 Å². The van der Waals surface area contributed by atoms with Crippen molar-refractivity contribution in [1.29, 1.82) is 0 Å². The Bertz CT molecular complexity index is 902. The Labute approximate surface area is 170 Å². The van der Waals surface area contributed by atoms with Gasteiger partial charge in [0.1, 0.15) is 11.9 Å². The fraction of sp³-hybridized carbons (Fsp3) is 0.391. The van der Waals surface area contributed by atoms with E-state index in [0.29, 0.717) is 5.56 Å². The highest BCUT2D eigenvalue weighted by Crippen LogP contribution is 2.35. The van der Waals surface area contributed by atoms with Crippen LogP contribution < -0.4 is 0 Å². The Morgan fingerprint density at radius 2 is 1.83 bits per heavy atom. The van der Waals surface area contributed by atoms with Crippen molar-refractivity contribution < 1.29 is 19.4 Å². The smallest absolute Gasteiger partial charge is 0.339 e. The molecule has 2 aromatic rings. The molecule has 1 fully saturated rings. The molecule has 1 saturated heterocycles. The number of piperazine rings is 1. The summed E-state index contributed by atoms with van der Waals surface area (Å²) in [5.74, 6) is -0.175. The zero-order valence-corrected chi connectivity index (χ0v) is 16.6. The summed E-state index contributed by atoms with van der Waals surface area (Å²) < 4.78 is 5.46. The molecule has 1 atom stereocenters. The normalized spacial score (nSPS) is 19.1. The molecule has 29 heavy (non-hydrogen) atoms. The highest BCUT2D eigenvalue weighted by atomic mass is 16.5. The lowest BCUT2D eigenvalue weighted by molar-refractivity contribution is 0.0353. The average Bonchev–Trinajstić information content (AvgIpc) is 3.03. The Hall–Kier alpha value is -2.86. The summed E-state index contributed by atoms with van der Waals surface area (Å²) >= 11 is 0. The molecule has 152 valence electrons. The quantitative estimate of drug-likeness (QED) is 0.789. The van der Waals surface area contributed by atoms with Gasteiger partial charge in [0.05, 0.1) is 5.56 Å². The van der Waals surface area contributed by atoms with E-state index in [-0.39, 0.29) is 23.7 Å². The van der Waals surface area contributed by atoms with Crippen molar-refractivity contribution in [1.82, 2.24) is 9.80 Å². The van der Waals surface area contributed by atoms with Crippen molar-refractivity contribution in [2.45, 2.75) is 25.9 Å². The molecule has 1 N–H and O–H groups in total. The minimum atomic E-state index is -0.357. The van der Waals surface area contributed by atoms with Crippen LogP contribution in [0.2, 0.25) is 0 Å². The first-order valence-electron chi connectivity index (χ1n) is 10.1. The molecule has 6 heteroatoms. The van der Waals surface area contributed by atoms with Gasteiger partial charge < -0.3 is 14.7 Å². The van der Waals surface area contributed by atoms with E-state index in [1.165, 1.54) is 6.07 Å². The number of carbonyl (C=O) groups is 2. The molecule has 1 amide bonds. The number of rotatable bonds is 5. The fourth-order valence-corrected chi connectivity index (χ4v) is 4.03. The van der Waals surface area contributed by atoms with Crippen LogP contribution >= 0.6 is 0 Å². The molecule has 0 spiro atoms. The number of aromatic hydroxyl groups is 1. The van der Waals surface area contributed by atoms with E-state index in [1.54, 1.807) is 12.1 Å². The lowest BCUT2D eigenvalue weighted by Gasteiger charge is -2.35. The maximum Gasteiger partial charge on any atom is 0.339 e. The van der Waals surface area contributed by atoms with Crippen molar-refractivity contribution in [2.24, 2.45) is 0 Å². The van der Waals surface area contributed by atoms with Crippen molar-refractivity contribution >= 4 is 11.9 Å². The third kappa shape index (κ3) is 4.27. The third-order valence-corrected chi connectivity index (χ3v) is 5.75. The zero-order valence-electron chi connectivity index (χ0n) is 16.6. The Morgan fingerprint density at radius 3 is 2.55 bits per heavy atom. The Balaban J connectivity index is 1.23. The van der Waals surface area contributed by atoms with Crippen LogP contribution in [0.4, 0.5) is 0 Å². The van der Waals surface area contributed by atoms with Gasteiger partial charge in [-0.25, -0.2) is 4.79 Å². The van der Waals surface area contributed by atoms with Gasteiger partial charge >= 0.3 is 5.97 Å². The summed E-state index contributed by atoms with van der Waals surface area (Å²) in [6, 6.07) is 12.6. The maximum atomic E-state index is 12.6. The molecule has 0 saturated carbocycles. The highest BCUT2D eigenvalue weighted by molar-refractivity contribution is 5.95. The molecule has 2 aliphatic rings. The number of amides is 1. The predicted octanol–water partition coefficient (Wildman–Crippen LogP) is 3.15. The number of aryl methyl sites for hydroxylation is 1. The van der Waals surface area contributed by atoms with Crippen LogP contribution in [0, 0.1) is 6.92 Å². The number of hydrogen-bond donors (Lipinski definition) is 1.